The summed E-state index contributed by atoms with van der Waals surface area (Å²) in [5.74, 6) is 0.831. The Labute approximate surface area is 122 Å². The smallest absolute Gasteiger partial charge is 0.0443 e. The second-order valence-electron chi connectivity index (χ2n) is 6.88. The first kappa shape index (κ1) is 15.1. The van der Waals surface area contributed by atoms with Gasteiger partial charge in [0.25, 0.3) is 0 Å². The Hall–Kier alpha value is -0.340. The Balaban J connectivity index is 2.05. The van der Waals surface area contributed by atoms with E-state index in [-0.39, 0.29) is 0 Å². The minimum atomic E-state index is 0.567. The number of nitrogens with one attached hydrogen (secondary N) is 1. The van der Waals surface area contributed by atoms with Gasteiger partial charge in [-0.15, -0.1) is 11.3 Å². The molecule has 0 saturated heterocycles. The zero-order valence-corrected chi connectivity index (χ0v) is 13.8. The van der Waals surface area contributed by atoms with E-state index in [0.717, 1.165) is 12.5 Å². The zero-order chi connectivity index (χ0) is 13.9. The Bertz CT molecular complexity index is 384. The van der Waals surface area contributed by atoms with Crippen molar-refractivity contribution >= 4 is 11.3 Å². The van der Waals surface area contributed by atoms with Gasteiger partial charge in [0.05, 0.1) is 0 Å². The third-order valence-corrected chi connectivity index (χ3v) is 5.62. The molecule has 0 bridgehead atoms. The minimum absolute atomic E-state index is 0.567. The number of hydrogen-bond acceptors (Lipinski definition) is 2. The van der Waals surface area contributed by atoms with Crippen LogP contribution in [0.2, 0.25) is 0 Å². The maximum Gasteiger partial charge on any atom is 0.0443 e. The molecule has 1 unspecified atom stereocenters. The van der Waals surface area contributed by atoms with Crippen molar-refractivity contribution in [3.8, 4) is 0 Å². The number of aryl methyl sites for hydroxylation is 1. The lowest BCUT2D eigenvalue weighted by Gasteiger charge is -2.38. The summed E-state index contributed by atoms with van der Waals surface area (Å²) in [4.78, 5) is 2.99. The van der Waals surface area contributed by atoms with E-state index in [2.05, 4.69) is 45.1 Å². The topological polar surface area (TPSA) is 12.0 Å². The van der Waals surface area contributed by atoms with Crippen LogP contribution < -0.4 is 5.32 Å². The Morgan fingerprint density at radius 2 is 2.00 bits per heavy atom. The molecule has 1 nitrogen and oxygen atoms in total. The van der Waals surface area contributed by atoms with Crippen molar-refractivity contribution in [2.45, 2.75) is 65.8 Å². The fourth-order valence-corrected chi connectivity index (χ4v) is 4.22. The van der Waals surface area contributed by atoms with E-state index in [4.69, 9.17) is 0 Å². The van der Waals surface area contributed by atoms with Gasteiger partial charge in [0.15, 0.2) is 0 Å². The number of rotatable bonds is 5. The summed E-state index contributed by atoms with van der Waals surface area (Å²) in [5.41, 5.74) is 0.567. The van der Waals surface area contributed by atoms with Gasteiger partial charge in [-0.2, -0.15) is 0 Å². The van der Waals surface area contributed by atoms with Crippen LogP contribution >= 0.6 is 11.3 Å². The van der Waals surface area contributed by atoms with E-state index in [1.165, 1.54) is 37.0 Å². The first-order valence-corrected chi connectivity index (χ1v) is 8.63. The van der Waals surface area contributed by atoms with Crippen LogP contribution in [-0.4, -0.2) is 6.54 Å². The molecule has 2 rings (SSSR count). The Morgan fingerprint density at radius 3 is 2.53 bits per heavy atom. The lowest BCUT2D eigenvalue weighted by Crippen LogP contribution is -2.32. The molecule has 1 N–H and O–H groups in total. The number of hydrogen-bond donors (Lipinski definition) is 1. The second kappa shape index (κ2) is 6.41. The lowest BCUT2D eigenvalue weighted by molar-refractivity contribution is 0.162. The molecule has 1 heterocycles. The van der Waals surface area contributed by atoms with Crippen LogP contribution in [0.15, 0.2) is 12.1 Å². The van der Waals surface area contributed by atoms with Crippen molar-refractivity contribution in [1.82, 2.24) is 5.32 Å². The fourth-order valence-electron chi connectivity index (χ4n) is 3.17. The molecular formula is C17H29NS. The highest BCUT2D eigenvalue weighted by atomic mass is 32.1. The van der Waals surface area contributed by atoms with Crippen molar-refractivity contribution in [3.05, 3.63) is 21.9 Å². The van der Waals surface area contributed by atoms with Crippen molar-refractivity contribution in [1.29, 1.82) is 0 Å². The molecule has 0 aromatic carbocycles. The molecule has 2 heteroatoms. The van der Waals surface area contributed by atoms with Gasteiger partial charge in [-0.05, 0) is 69.0 Å². The molecule has 0 amide bonds. The first-order valence-electron chi connectivity index (χ1n) is 7.81. The third kappa shape index (κ3) is 4.06. The van der Waals surface area contributed by atoms with Crippen LogP contribution in [0.3, 0.4) is 0 Å². The van der Waals surface area contributed by atoms with Gasteiger partial charge in [-0.3, -0.25) is 0 Å². The SMILES string of the molecule is CCCNC(c1ccc(C)s1)C1CCC(C)(C)CC1. The molecule has 1 aliphatic rings. The van der Waals surface area contributed by atoms with Crippen LogP contribution in [0.4, 0.5) is 0 Å². The Morgan fingerprint density at radius 1 is 1.32 bits per heavy atom. The molecule has 19 heavy (non-hydrogen) atoms. The van der Waals surface area contributed by atoms with Gasteiger partial charge in [0, 0.05) is 15.8 Å². The first-order chi connectivity index (χ1) is 9.02. The minimum Gasteiger partial charge on any atom is -0.309 e. The normalized spacial score (nSPS) is 21.5. The van der Waals surface area contributed by atoms with Crippen LogP contribution in [0.25, 0.3) is 0 Å². The lowest BCUT2D eigenvalue weighted by atomic mass is 9.71. The van der Waals surface area contributed by atoms with Crippen LogP contribution in [0.5, 0.6) is 0 Å². The fraction of sp³-hybridized carbons (Fsp3) is 0.765. The molecule has 1 saturated carbocycles. The summed E-state index contributed by atoms with van der Waals surface area (Å²) in [6.45, 7) is 10.5. The van der Waals surface area contributed by atoms with E-state index >= 15 is 0 Å². The molecule has 0 radical (unpaired) electrons. The summed E-state index contributed by atoms with van der Waals surface area (Å²) in [6, 6.07) is 5.20. The third-order valence-electron chi connectivity index (χ3n) is 4.54. The monoisotopic (exact) mass is 279 g/mol. The highest BCUT2D eigenvalue weighted by molar-refractivity contribution is 7.12. The predicted octanol–water partition coefficient (Wildman–Crippen LogP) is 5.31. The van der Waals surface area contributed by atoms with Crippen LogP contribution in [0.1, 0.15) is 68.7 Å². The van der Waals surface area contributed by atoms with E-state index < -0.39 is 0 Å². The summed E-state index contributed by atoms with van der Waals surface area (Å²) in [6.07, 6.45) is 6.74. The summed E-state index contributed by atoms with van der Waals surface area (Å²) < 4.78 is 0. The van der Waals surface area contributed by atoms with E-state index in [1.807, 2.05) is 11.3 Å². The Kier molecular flexibility index (Phi) is 5.08. The van der Waals surface area contributed by atoms with Gasteiger partial charge in [-0.1, -0.05) is 20.8 Å². The van der Waals surface area contributed by atoms with Crippen molar-refractivity contribution in [2.24, 2.45) is 11.3 Å². The predicted molar refractivity (Wildman–Crippen MR) is 85.8 cm³/mol. The molecule has 1 aliphatic carbocycles. The largest absolute Gasteiger partial charge is 0.309 e. The quantitative estimate of drug-likeness (QED) is 0.770. The number of thiophene rings is 1. The van der Waals surface area contributed by atoms with Gasteiger partial charge in [-0.25, -0.2) is 0 Å². The average molecular weight is 279 g/mol. The van der Waals surface area contributed by atoms with E-state index in [0.29, 0.717) is 11.5 Å². The van der Waals surface area contributed by atoms with Gasteiger partial charge < -0.3 is 5.32 Å². The van der Waals surface area contributed by atoms with Gasteiger partial charge in [0.2, 0.25) is 0 Å². The van der Waals surface area contributed by atoms with Gasteiger partial charge in [0.1, 0.15) is 0 Å². The molecule has 1 aromatic rings. The second-order valence-corrected chi connectivity index (χ2v) is 8.20. The summed E-state index contributed by atoms with van der Waals surface area (Å²) in [5, 5.41) is 3.81. The molecule has 1 fully saturated rings. The molecule has 1 aromatic heterocycles. The molecule has 108 valence electrons. The molecule has 1 atom stereocenters. The molecule has 0 aliphatic heterocycles. The van der Waals surface area contributed by atoms with Gasteiger partial charge >= 0.3 is 0 Å². The maximum absolute atomic E-state index is 3.81. The molecular weight excluding hydrogens is 250 g/mol. The molecule has 0 spiro atoms. The summed E-state index contributed by atoms with van der Waals surface area (Å²) >= 11 is 1.98. The zero-order valence-electron chi connectivity index (χ0n) is 13.0. The summed E-state index contributed by atoms with van der Waals surface area (Å²) in [7, 11) is 0. The van der Waals surface area contributed by atoms with Crippen molar-refractivity contribution in [2.75, 3.05) is 6.54 Å². The van der Waals surface area contributed by atoms with Crippen LogP contribution in [-0.2, 0) is 0 Å². The van der Waals surface area contributed by atoms with Crippen LogP contribution in [0, 0.1) is 18.3 Å². The van der Waals surface area contributed by atoms with Crippen molar-refractivity contribution < 1.29 is 0 Å². The van der Waals surface area contributed by atoms with E-state index in [9.17, 15) is 0 Å². The highest BCUT2D eigenvalue weighted by Gasteiger charge is 2.32. The van der Waals surface area contributed by atoms with Crippen molar-refractivity contribution in [3.63, 3.8) is 0 Å². The highest BCUT2D eigenvalue weighted by Crippen LogP contribution is 2.43. The standard InChI is InChI=1S/C17H29NS/c1-5-12-18-16(15-7-6-13(2)19-15)14-8-10-17(3,4)11-9-14/h6-7,14,16,18H,5,8-12H2,1-4H3. The maximum atomic E-state index is 3.81. The average Bonchev–Trinajstić information content (AvgIpc) is 2.78. The van der Waals surface area contributed by atoms with E-state index in [1.54, 1.807) is 4.88 Å².